The first-order valence-corrected chi connectivity index (χ1v) is 6.33. The van der Waals surface area contributed by atoms with Gasteiger partial charge in [0.1, 0.15) is 5.82 Å². The molecule has 5 heteroatoms. The van der Waals surface area contributed by atoms with Gasteiger partial charge in [-0.15, -0.1) is 0 Å². The van der Waals surface area contributed by atoms with Crippen LogP contribution in [-0.4, -0.2) is 14.6 Å². The van der Waals surface area contributed by atoms with Gasteiger partial charge in [-0.3, -0.25) is 9.89 Å². The highest BCUT2D eigenvalue weighted by Gasteiger charge is 2.04. The SMILES string of the molecule is O=c1cccc2nc(Cc3cccc(Br)c3)[nH]n12. The van der Waals surface area contributed by atoms with Crippen molar-refractivity contribution in [2.75, 3.05) is 0 Å². The highest BCUT2D eigenvalue weighted by molar-refractivity contribution is 9.10. The Morgan fingerprint density at radius 3 is 2.83 bits per heavy atom. The second-order valence-corrected chi connectivity index (χ2v) is 4.95. The van der Waals surface area contributed by atoms with Crippen LogP contribution in [0.3, 0.4) is 0 Å². The van der Waals surface area contributed by atoms with Crippen molar-refractivity contribution in [3.05, 3.63) is 68.7 Å². The number of nitrogens with zero attached hydrogens (tertiary/aromatic N) is 2. The first kappa shape index (κ1) is 11.2. The molecule has 0 saturated carbocycles. The fraction of sp³-hybridized carbons (Fsp3) is 0.0769. The van der Waals surface area contributed by atoms with Gasteiger partial charge in [-0.25, -0.2) is 9.50 Å². The third kappa shape index (κ3) is 2.09. The number of fused-ring (bicyclic) bond motifs is 1. The first-order valence-electron chi connectivity index (χ1n) is 5.53. The Balaban J connectivity index is 2.01. The van der Waals surface area contributed by atoms with Gasteiger partial charge in [0.05, 0.1) is 0 Å². The Morgan fingerprint density at radius 1 is 1.22 bits per heavy atom. The molecule has 3 rings (SSSR count). The summed E-state index contributed by atoms with van der Waals surface area (Å²) in [5.74, 6) is 0.774. The molecule has 2 aromatic heterocycles. The Labute approximate surface area is 111 Å². The Hall–Kier alpha value is -1.88. The zero-order valence-electron chi connectivity index (χ0n) is 9.43. The minimum Gasteiger partial charge on any atom is -0.276 e. The molecular weight excluding hydrogens is 294 g/mol. The van der Waals surface area contributed by atoms with Gasteiger partial charge in [0.2, 0.25) is 0 Å². The lowest BCUT2D eigenvalue weighted by atomic mass is 10.1. The summed E-state index contributed by atoms with van der Waals surface area (Å²) in [6.45, 7) is 0. The number of aromatic nitrogens is 3. The first-order chi connectivity index (χ1) is 8.72. The molecule has 0 radical (unpaired) electrons. The van der Waals surface area contributed by atoms with Gasteiger partial charge in [0.25, 0.3) is 5.56 Å². The van der Waals surface area contributed by atoms with Crippen molar-refractivity contribution in [2.24, 2.45) is 0 Å². The second kappa shape index (κ2) is 4.42. The molecule has 1 N–H and O–H groups in total. The third-order valence-corrected chi connectivity index (χ3v) is 3.18. The molecule has 0 bridgehead atoms. The second-order valence-electron chi connectivity index (χ2n) is 4.03. The van der Waals surface area contributed by atoms with Gasteiger partial charge in [-0.2, -0.15) is 0 Å². The van der Waals surface area contributed by atoms with E-state index in [-0.39, 0.29) is 5.56 Å². The third-order valence-electron chi connectivity index (χ3n) is 2.68. The smallest absolute Gasteiger partial charge is 0.271 e. The van der Waals surface area contributed by atoms with Crippen molar-refractivity contribution in [2.45, 2.75) is 6.42 Å². The van der Waals surface area contributed by atoms with E-state index >= 15 is 0 Å². The molecule has 0 spiro atoms. The van der Waals surface area contributed by atoms with E-state index in [1.165, 1.54) is 10.6 Å². The number of benzene rings is 1. The molecule has 18 heavy (non-hydrogen) atoms. The summed E-state index contributed by atoms with van der Waals surface area (Å²) in [6.07, 6.45) is 0.667. The highest BCUT2D eigenvalue weighted by Crippen LogP contribution is 2.14. The van der Waals surface area contributed by atoms with Crippen LogP contribution in [0.25, 0.3) is 5.65 Å². The fourth-order valence-corrected chi connectivity index (χ4v) is 2.34. The predicted molar refractivity (Wildman–Crippen MR) is 72.8 cm³/mol. The van der Waals surface area contributed by atoms with Crippen molar-refractivity contribution in [1.82, 2.24) is 14.6 Å². The topological polar surface area (TPSA) is 50.2 Å². The normalized spacial score (nSPS) is 10.9. The molecule has 2 heterocycles. The molecule has 0 atom stereocenters. The largest absolute Gasteiger partial charge is 0.276 e. The predicted octanol–water partition coefficient (Wildman–Crippen LogP) is 2.38. The summed E-state index contributed by atoms with van der Waals surface area (Å²) in [5, 5.41) is 3.01. The van der Waals surface area contributed by atoms with Crippen LogP contribution in [0.4, 0.5) is 0 Å². The van der Waals surface area contributed by atoms with Gasteiger partial charge in [-0.05, 0) is 23.8 Å². The van der Waals surface area contributed by atoms with E-state index in [9.17, 15) is 4.79 Å². The molecule has 0 unspecified atom stereocenters. The van der Waals surface area contributed by atoms with E-state index < -0.39 is 0 Å². The van der Waals surface area contributed by atoms with Crippen molar-refractivity contribution >= 4 is 21.6 Å². The molecule has 0 fully saturated rings. The molecule has 4 nitrogen and oxygen atoms in total. The average Bonchev–Trinajstić information content (AvgIpc) is 2.73. The van der Waals surface area contributed by atoms with Gasteiger partial charge < -0.3 is 0 Å². The van der Waals surface area contributed by atoms with Crippen LogP contribution >= 0.6 is 15.9 Å². The summed E-state index contributed by atoms with van der Waals surface area (Å²) < 4.78 is 2.49. The van der Waals surface area contributed by atoms with Crippen molar-refractivity contribution in [3.63, 3.8) is 0 Å². The number of hydrogen-bond donors (Lipinski definition) is 1. The molecule has 0 aliphatic heterocycles. The Bertz CT molecular complexity index is 760. The van der Waals surface area contributed by atoms with Crippen LogP contribution in [0, 0.1) is 0 Å². The average molecular weight is 304 g/mol. The Kier molecular flexibility index (Phi) is 2.76. The van der Waals surface area contributed by atoms with E-state index in [2.05, 4.69) is 26.0 Å². The highest BCUT2D eigenvalue weighted by atomic mass is 79.9. The Morgan fingerprint density at radius 2 is 2.06 bits per heavy atom. The van der Waals surface area contributed by atoms with Crippen LogP contribution in [0.15, 0.2) is 51.7 Å². The fourth-order valence-electron chi connectivity index (χ4n) is 1.89. The van der Waals surface area contributed by atoms with Crippen LogP contribution in [0.5, 0.6) is 0 Å². The molecule has 0 aliphatic rings. The molecule has 0 amide bonds. The zero-order chi connectivity index (χ0) is 12.5. The van der Waals surface area contributed by atoms with Crippen LogP contribution < -0.4 is 5.56 Å². The molecular formula is C13H10BrN3O. The number of hydrogen-bond acceptors (Lipinski definition) is 2. The van der Waals surface area contributed by atoms with Gasteiger partial charge in [0, 0.05) is 17.0 Å². The minimum atomic E-state index is -0.0968. The van der Waals surface area contributed by atoms with Gasteiger partial charge in [0.15, 0.2) is 5.65 Å². The molecule has 3 aromatic rings. The van der Waals surface area contributed by atoms with E-state index in [0.29, 0.717) is 12.1 Å². The number of pyridine rings is 1. The number of nitrogens with one attached hydrogen (secondary N) is 1. The summed E-state index contributed by atoms with van der Waals surface area (Å²) in [7, 11) is 0. The maximum absolute atomic E-state index is 11.6. The van der Waals surface area contributed by atoms with E-state index in [0.717, 1.165) is 15.9 Å². The molecule has 0 aliphatic carbocycles. The van der Waals surface area contributed by atoms with Gasteiger partial charge >= 0.3 is 0 Å². The van der Waals surface area contributed by atoms with Crippen LogP contribution in [-0.2, 0) is 6.42 Å². The molecule has 1 aromatic carbocycles. The number of H-pyrrole nitrogens is 1. The quantitative estimate of drug-likeness (QED) is 0.790. The van der Waals surface area contributed by atoms with Crippen molar-refractivity contribution in [3.8, 4) is 0 Å². The summed E-state index contributed by atoms with van der Waals surface area (Å²) in [5.41, 5.74) is 1.68. The maximum atomic E-state index is 11.6. The number of aromatic amines is 1. The minimum absolute atomic E-state index is 0.0968. The van der Waals surface area contributed by atoms with Crippen LogP contribution in [0.2, 0.25) is 0 Å². The van der Waals surface area contributed by atoms with E-state index in [1.54, 1.807) is 6.07 Å². The standard InChI is InChI=1S/C13H10BrN3O/c14-10-4-1-3-9(7-10)8-11-15-12-5-2-6-13(18)17(12)16-11/h1-7H,8H2,(H,15,16). The maximum Gasteiger partial charge on any atom is 0.271 e. The number of rotatable bonds is 2. The monoisotopic (exact) mass is 303 g/mol. The zero-order valence-corrected chi connectivity index (χ0v) is 11.0. The lowest BCUT2D eigenvalue weighted by molar-refractivity contribution is 0.873. The van der Waals surface area contributed by atoms with Crippen molar-refractivity contribution < 1.29 is 0 Å². The van der Waals surface area contributed by atoms with Crippen LogP contribution in [0.1, 0.15) is 11.4 Å². The summed E-state index contributed by atoms with van der Waals surface area (Å²) >= 11 is 3.44. The summed E-state index contributed by atoms with van der Waals surface area (Å²) in [4.78, 5) is 16.0. The molecule has 90 valence electrons. The number of halogens is 1. The molecule has 0 saturated heterocycles. The van der Waals surface area contributed by atoms with E-state index in [4.69, 9.17) is 0 Å². The van der Waals surface area contributed by atoms with Crippen molar-refractivity contribution in [1.29, 1.82) is 0 Å². The summed E-state index contributed by atoms with van der Waals surface area (Å²) in [6, 6.07) is 13.1. The van der Waals surface area contributed by atoms with E-state index in [1.807, 2.05) is 30.3 Å². The lowest BCUT2D eigenvalue weighted by Gasteiger charge is -1.98. The lowest BCUT2D eigenvalue weighted by Crippen LogP contribution is -2.11. The van der Waals surface area contributed by atoms with Gasteiger partial charge in [-0.1, -0.05) is 34.1 Å².